The molecule has 0 aliphatic rings. The maximum absolute atomic E-state index is 12.3. The average molecular weight is 459 g/mol. The Balaban J connectivity index is 1.75. The summed E-state index contributed by atoms with van der Waals surface area (Å²) < 4.78 is 17.4. The van der Waals surface area contributed by atoms with E-state index in [-0.39, 0.29) is 11.9 Å². The Morgan fingerprint density at radius 3 is 1.65 bits per heavy atom. The molecule has 0 aliphatic carbocycles. The van der Waals surface area contributed by atoms with Gasteiger partial charge in [0, 0.05) is 0 Å². The zero-order valence-electron chi connectivity index (χ0n) is 19.5. The minimum Gasteiger partial charge on any atom is -0.463 e. The molecule has 2 aromatic carbocycles. The summed E-state index contributed by atoms with van der Waals surface area (Å²) in [5.41, 5.74) is 3.34. The molecule has 0 bridgehead atoms. The van der Waals surface area contributed by atoms with E-state index in [0.29, 0.717) is 24.0 Å². The molecular weight excluding hydrogens is 424 g/mol. The van der Waals surface area contributed by atoms with Crippen LogP contribution in [0.1, 0.15) is 38.3 Å². The molecule has 168 valence electrons. The lowest BCUT2D eigenvalue weighted by atomic mass is 10.1. The summed E-state index contributed by atoms with van der Waals surface area (Å²) in [6, 6.07) is 15.6. The van der Waals surface area contributed by atoms with Gasteiger partial charge in [-0.15, -0.1) is 0 Å². The molecule has 0 saturated heterocycles. The third-order valence-corrected chi connectivity index (χ3v) is 11.7. The lowest BCUT2D eigenvalue weighted by Crippen LogP contribution is -2.48. The topological polar surface area (TPSA) is 61.8 Å². The van der Waals surface area contributed by atoms with Gasteiger partial charge in [-0.25, -0.2) is 9.59 Å². The van der Waals surface area contributed by atoms with Crippen LogP contribution in [0.25, 0.3) is 0 Å². The fourth-order valence-corrected chi connectivity index (χ4v) is 11.4. The standard InChI is InChI=1S/C24H34O5Si2/c1-19-8-12-21(13-9-19)23(25)27-16-7-17-30(3,4)29-31(5,6)18-28-24(26)22-14-10-20(2)11-15-22/h8-15H,7,16-18H2,1-6H3. The van der Waals surface area contributed by atoms with Crippen molar-refractivity contribution in [2.45, 2.75) is 52.5 Å². The fourth-order valence-electron chi connectivity index (χ4n) is 3.28. The Morgan fingerprint density at radius 1 is 0.710 bits per heavy atom. The minimum atomic E-state index is -2.17. The monoisotopic (exact) mass is 458 g/mol. The predicted octanol–water partition coefficient (Wildman–Crippen LogP) is 5.67. The highest BCUT2D eigenvalue weighted by Gasteiger charge is 2.34. The van der Waals surface area contributed by atoms with E-state index in [0.717, 1.165) is 23.6 Å². The third kappa shape index (κ3) is 8.81. The number of aryl methyl sites for hydroxylation is 2. The summed E-state index contributed by atoms with van der Waals surface area (Å²) in [6.07, 6.45) is 1.07. The Morgan fingerprint density at radius 2 is 1.16 bits per heavy atom. The summed E-state index contributed by atoms with van der Waals surface area (Å²) in [4.78, 5) is 24.4. The van der Waals surface area contributed by atoms with Crippen molar-refractivity contribution in [3.8, 4) is 0 Å². The highest BCUT2D eigenvalue weighted by atomic mass is 28.4. The number of hydrogen-bond donors (Lipinski definition) is 0. The van der Waals surface area contributed by atoms with Gasteiger partial charge in [0.25, 0.3) is 0 Å². The first-order valence-electron chi connectivity index (χ1n) is 10.7. The molecule has 31 heavy (non-hydrogen) atoms. The summed E-state index contributed by atoms with van der Waals surface area (Å²) in [5.74, 6) is -0.607. The van der Waals surface area contributed by atoms with Crippen LogP contribution in [0.2, 0.25) is 32.2 Å². The lowest BCUT2D eigenvalue weighted by Gasteiger charge is -2.33. The van der Waals surface area contributed by atoms with E-state index >= 15 is 0 Å². The molecule has 0 atom stereocenters. The predicted molar refractivity (Wildman–Crippen MR) is 128 cm³/mol. The van der Waals surface area contributed by atoms with Crippen molar-refractivity contribution in [2.75, 3.05) is 12.8 Å². The molecule has 0 N–H and O–H groups in total. The van der Waals surface area contributed by atoms with E-state index in [4.69, 9.17) is 13.6 Å². The van der Waals surface area contributed by atoms with Crippen molar-refractivity contribution in [1.82, 2.24) is 0 Å². The van der Waals surface area contributed by atoms with E-state index in [9.17, 15) is 9.59 Å². The molecule has 0 fully saturated rings. The van der Waals surface area contributed by atoms with E-state index in [1.165, 1.54) is 0 Å². The molecule has 2 aromatic rings. The van der Waals surface area contributed by atoms with Gasteiger partial charge in [0.15, 0.2) is 8.32 Å². The van der Waals surface area contributed by atoms with Gasteiger partial charge >= 0.3 is 11.9 Å². The van der Waals surface area contributed by atoms with Gasteiger partial charge in [0.2, 0.25) is 8.32 Å². The van der Waals surface area contributed by atoms with Crippen LogP contribution in [-0.4, -0.2) is 41.4 Å². The van der Waals surface area contributed by atoms with Crippen molar-refractivity contribution in [2.24, 2.45) is 0 Å². The van der Waals surface area contributed by atoms with Crippen LogP contribution in [-0.2, 0) is 13.6 Å². The number of hydrogen-bond acceptors (Lipinski definition) is 5. The largest absolute Gasteiger partial charge is 0.463 e. The number of carbonyl (C=O) groups is 2. The SMILES string of the molecule is Cc1ccc(C(=O)OCCC[Si](C)(C)O[Si](C)(C)COC(=O)c2ccc(C)cc2)cc1. The summed E-state index contributed by atoms with van der Waals surface area (Å²) in [7, 11) is -4.15. The first-order valence-corrected chi connectivity index (χ1v) is 16.9. The van der Waals surface area contributed by atoms with Crippen LogP contribution in [0.15, 0.2) is 48.5 Å². The van der Waals surface area contributed by atoms with Gasteiger partial charge in [-0.1, -0.05) is 35.4 Å². The molecule has 7 heteroatoms. The zero-order chi connectivity index (χ0) is 23.1. The number of carbonyl (C=O) groups excluding carboxylic acids is 2. The van der Waals surface area contributed by atoms with Crippen LogP contribution in [0.3, 0.4) is 0 Å². The van der Waals surface area contributed by atoms with Crippen LogP contribution in [0.5, 0.6) is 0 Å². The molecule has 0 unspecified atom stereocenters. The van der Waals surface area contributed by atoms with Crippen molar-refractivity contribution < 1.29 is 23.2 Å². The molecule has 0 radical (unpaired) electrons. The molecule has 0 amide bonds. The molecule has 2 rings (SSSR count). The van der Waals surface area contributed by atoms with Crippen LogP contribution in [0, 0.1) is 13.8 Å². The molecule has 0 aliphatic heterocycles. The maximum atomic E-state index is 12.3. The molecule has 0 aromatic heterocycles. The van der Waals surface area contributed by atoms with Crippen LogP contribution in [0.4, 0.5) is 0 Å². The third-order valence-electron chi connectivity index (χ3n) is 4.83. The average Bonchev–Trinajstić information content (AvgIpc) is 2.69. The quantitative estimate of drug-likeness (QED) is 0.261. The summed E-state index contributed by atoms with van der Waals surface area (Å²) in [5, 5.41) is 0. The van der Waals surface area contributed by atoms with Crippen LogP contribution < -0.4 is 0 Å². The van der Waals surface area contributed by atoms with Gasteiger partial charge in [-0.2, -0.15) is 0 Å². The van der Waals surface area contributed by atoms with Crippen molar-refractivity contribution in [3.63, 3.8) is 0 Å². The van der Waals surface area contributed by atoms with E-state index in [1.54, 1.807) is 24.3 Å². The Kier molecular flexibility index (Phi) is 8.79. The molecular formula is C24H34O5Si2. The van der Waals surface area contributed by atoms with Gasteiger partial charge in [-0.3, -0.25) is 0 Å². The van der Waals surface area contributed by atoms with E-state index < -0.39 is 16.6 Å². The number of rotatable bonds is 10. The molecule has 0 spiro atoms. The zero-order valence-corrected chi connectivity index (χ0v) is 21.5. The first-order chi connectivity index (χ1) is 14.5. The van der Waals surface area contributed by atoms with Gasteiger partial charge in [0.05, 0.1) is 17.7 Å². The maximum Gasteiger partial charge on any atom is 0.338 e. The number of benzene rings is 2. The fraction of sp³-hybridized carbons (Fsp3) is 0.417. The Bertz CT molecular complexity index is 874. The van der Waals surface area contributed by atoms with E-state index in [1.807, 2.05) is 38.1 Å². The highest BCUT2D eigenvalue weighted by Crippen LogP contribution is 2.21. The highest BCUT2D eigenvalue weighted by molar-refractivity contribution is 6.84. The van der Waals surface area contributed by atoms with Crippen molar-refractivity contribution in [3.05, 3.63) is 70.8 Å². The summed E-state index contributed by atoms with van der Waals surface area (Å²) >= 11 is 0. The molecule has 0 saturated carbocycles. The summed E-state index contributed by atoms with van der Waals surface area (Å²) in [6.45, 7) is 12.8. The molecule has 0 heterocycles. The Hall–Kier alpha value is -2.23. The van der Waals surface area contributed by atoms with Crippen molar-refractivity contribution in [1.29, 1.82) is 0 Å². The van der Waals surface area contributed by atoms with Crippen molar-refractivity contribution >= 4 is 28.6 Å². The van der Waals surface area contributed by atoms with Gasteiger partial charge in [0.1, 0.15) is 6.23 Å². The first kappa shape index (κ1) is 25.0. The normalized spacial score (nSPS) is 11.8. The second-order valence-electron chi connectivity index (χ2n) is 9.17. The number of ether oxygens (including phenoxy) is 2. The Labute approximate surface area is 188 Å². The minimum absolute atomic E-state index is 0.293. The lowest BCUT2D eigenvalue weighted by molar-refractivity contribution is 0.0503. The van der Waals surface area contributed by atoms with Gasteiger partial charge in [-0.05, 0) is 76.8 Å². The second kappa shape index (κ2) is 10.9. The number of esters is 2. The second-order valence-corrected chi connectivity index (χ2v) is 17.8. The smallest absolute Gasteiger partial charge is 0.338 e. The van der Waals surface area contributed by atoms with E-state index in [2.05, 4.69) is 26.2 Å². The van der Waals surface area contributed by atoms with Gasteiger partial charge < -0.3 is 13.6 Å². The molecule has 5 nitrogen and oxygen atoms in total. The van der Waals surface area contributed by atoms with Crippen LogP contribution >= 0.6 is 0 Å².